The van der Waals surface area contributed by atoms with Gasteiger partial charge in [0.2, 0.25) is 0 Å². The summed E-state index contributed by atoms with van der Waals surface area (Å²) in [4.78, 5) is 0. The molecule has 0 radical (unpaired) electrons. The second kappa shape index (κ2) is 3.49. The Balaban J connectivity index is 1.60. The zero-order valence-corrected chi connectivity index (χ0v) is 8.93. The lowest BCUT2D eigenvalue weighted by Crippen LogP contribution is -2.44. The van der Waals surface area contributed by atoms with Crippen molar-refractivity contribution in [1.29, 1.82) is 0 Å². The molecule has 1 atom stereocenters. The van der Waals surface area contributed by atoms with Crippen LogP contribution in [-0.2, 0) is 4.74 Å². The van der Waals surface area contributed by atoms with Crippen molar-refractivity contribution in [2.75, 3.05) is 19.8 Å². The van der Waals surface area contributed by atoms with Gasteiger partial charge in [0.05, 0.1) is 6.61 Å². The van der Waals surface area contributed by atoms with Crippen molar-refractivity contribution in [2.45, 2.75) is 44.6 Å². The highest BCUT2D eigenvalue weighted by atomic mass is 16.5. The molecule has 0 amide bonds. The van der Waals surface area contributed by atoms with Gasteiger partial charge in [-0.15, -0.1) is 0 Å². The van der Waals surface area contributed by atoms with E-state index in [-0.39, 0.29) is 0 Å². The number of hydrogen-bond donors (Lipinski definition) is 1. The standard InChI is InChI=1S/C12H21NO/c1-2-10(3-1)12(6-7-14-9-12)8-13-11-4-5-11/h10-11,13H,1-9H2. The number of ether oxygens (including phenoxy) is 1. The highest BCUT2D eigenvalue weighted by Gasteiger charge is 2.45. The van der Waals surface area contributed by atoms with Gasteiger partial charge >= 0.3 is 0 Å². The van der Waals surface area contributed by atoms with Crippen LogP contribution in [-0.4, -0.2) is 25.8 Å². The third-order valence-corrected chi connectivity index (χ3v) is 4.43. The van der Waals surface area contributed by atoms with Gasteiger partial charge in [-0.25, -0.2) is 0 Å². The maximum absolute atomic E-state index is 5.63. The fourth-order valence-electron chi connectivity index (χ4n) is 2.88. The van der Waals surface area contributed by atoms with Crippen LogP contribution in [0.1, 0.15) is 38.5 Å². The fourth-order valence-corrected chi connectivity index (χ4v) is 2.88. The Morgan fingerprint density at radius 2 is 2.07 bits per heavy atom. The summed E-state index contributed by atoms with van der Waals surface area (Å²) in [6.07, 6.45) is 8.47. The maximum atomic E-state index is 5.63. The largest absolute Gasteiger partial charge is 0.381 e. The van der Waals surface area contributed by atoms with Crippen LogP contribution >= 0.6 is 0 Å². The molecule has 2 saturated carbocycles. The van der Waals surface area contributed by atoms with Gasteiger partial charge in [-0.05, 0) is 38.0 Å². The lowest BCUT2D eigenvalue weighted by Gasteiger charge is -2.42. The molecule has 2 nitrogen and oxygen atoms in total. The molecule has 2 heteroatoms. The van der Waals surface area contributed by atoms with Crippen molar-refractivity contribution >= 4 is 0 Å². The monoisotopic (exact) mass is 195 g/mol. The molecule has 0 spiro atoms. The molecule has 0 bridgehead atoms. The Bertz CT molecular complexity index is 202. The highest BCUT2D eigenvalue weighted by molar-refractivity contribution is 4.96. The van der Waals surface area contributed by atoms with Gasteiger partial charge in [0.15, 0.2) is 0 Å². The van der Waals surface area contributed by atoms with Crippen molar-refractivity contribution in [1.82, 2.24) is 5.32 Å². The molecule has 0 aromatic rings. The van der Waals surface area contributed by atoms with Crippen LogP contribution in [0.4, 0.5) is 0 Å². The van der Waals surface area contributed by atoms with Crippen LogP contribution in [0, 0.1) is 11.3 Å². The summed E-state index contributed by atoms with van der Waals surface area (Å²) in [5.41, 5.74) is 0.529. The molecule has 1 aliphatic heterocycles. The molecule has 80 valence electrons. The van der Waals surface area contributed by atoms with Crippen LogP contribution in [0.3, 0.4) is 0 Å². The molecule has 3 fully saturated rings. The second-order valence-corrected chi connectivity index (χ2v) is 5.45. The molecule has 0 aromatic heterocycles. The molecule has 2 aliphatic carbocycles. The van der Waals surface area contributed by atoms with Crippen LogP contribution in [0.15, 0.2) is 0 Å². The van der Waals surface area contributed by atoms with E-state index < -0.39 is 0 Å². The molecule has 3 rings (SSSR count). The summed E-state index contributed by atoms with van der Waals surface area (Å²) >= 11 is 0. The van der Waals surface area contributed by atoms with Gasteiger partial charge < -0.3 is 10.1 Å². The lowest BCUT2D eigenvalue weighted by molar-refractivity contribution is 0.0593. The fraction of sp³-hybridized carbons (Fsp3) is 1.00. The smallest absolute Gasteiger partial charge is 0.0538 e. The Labute approximate surface area is 86.4 Å². The van der Waals surface area contributed by atoms with Crippen molar-refractivity contribution in [3.8, 4) is 0 Å². The zero-order valence-electron chi connectivity index (χ0n) is 8.93. The van der Waals surface area contributed by atoms with Crippen molar-refractivity contribution in [3.63, 3.8) is 0 Å². The summed E-state index contributed by atoms with van der Waals surface area (Å²) in [5.74, 6) is 0.969. The third kappa shape index (κ3) is 1.59. The minimum Gasteiger partial charge on any atom is -0.381 e. The Kier molecular flexibility index (Phi) is 2.29. The predicted molar refractivity (Wildman–Crippen MR) is 56.2 cm³/mol. The first kappa shape index (κ1) is 9.17. The van der Waals surface area contributed by atoms with E-state index in [1.54, 1.807) is 0 Å². The molecule has 1 N–H and O–H groups in total. The number of rotatable bonds is 4. The Morgan fingerprint density at radius 3 is 2.57 bits per heavy atom. The summed E-state index contributed by atoms with van der Waals surface area (Å²) in [7, 11) is 0. The van der Waals surface area contributed by atoms with Crippen molar-refractivity contribution in [2.24, 2.45) is 11.3 Å². The topological polar surface area (TPSA) is 21.3 Å². The van der Waals surface area contributed by atoms with Crippen LogP contribution < -0.4 is 5.32 Å². The first-order chi connectivity index (χ1) is 6.89. The van der Waals surface area contributed by atoms with Gasteiger partial charge in [0.1, 0.15) is 0 Å². The first-order valence-corrected chi connectivity index (χ1v) is 6.20. The van der Waals surface area contributed by atoms with Crippen LogP contribution in [0.2, 0.25) is 0 Å². The average Bonchev–Trinajstić information content (AvgIpc) is 2.82. The normalized spacial score (nSPS) is 38.6. The van der Waals surface area contributed by atoms with Gasteiger partial charge in [-0.2, -0.15) is 0 Å². The predicted octanol–water partition coefficient (Wildman–Crippen LogP) is 1.95. The van der Waals surface area contributed by atoms with E-state index in [4.69, 9.17) is 4.74 Å². The summed E-state index contributed by atoms with van der Waals surface area (Å²) in [6, 6.07) is 0.854. The van der Waals surface area contributed by atoms with Crippen LogP contribution in [0.5, 0.6) is 0 Å². The summed E-state index contributed by atoms with van der Waals surface area (Å²) in [5, 5.41) is 3.71. The third-order valence-electron chi connectivity index (χ3n) is 4.43. The average molecular weight is 195 g/mol. The molecule has 0 aromatic carbocycles. The van der Waals surface area contributed by atoms with E-state index in [1.807, 2.05) is 0 Å². The highest BCUT2D eigenvalue weighted by Crippen LogP contribution is 2.47. The minimum absolute atomic E-state index is 0.529. The van der Waals surface area contributed by atoms with Crippen molar-refractivity contribution in [3.05, 3.63) is 0 Å². The van der Waals surface area contributed by atoms with Gasteiger partial charge in [-0.3, -0.25) is 0 Å². The number of hydrogen-bond acceptors (Lipinski definition) is 2. The SMILES string of the molecule is C1CC(C2(CNC3CC3)CCOC2)C1. The van der Waals surface area contributed by atoms with Gasteiger partial charge in [0, 0.05) is 24.6 Å². The quantitative estimate of drug-likeness (QED) is 0.740. The molecular formula is C12H21NO. The molecule has 1 saturated heterocycles. The van der Waals surface area contributed by atoms with E-state index in [0.29, 0.717) is 5.41 Å². The van der Waals surface area contributed by atoms with Gasteiger partial charge in [-0.1, -0.05) is 6.42 Å². The van der Waals surface area contributed by atoms with Gasteiger partial charge in [0.25, 0.3) is 0 Å². The lowest BCUT2D eigenvalue weighted by atomic mass is 9.64. The van der Waals surface area contributed by atoms with E-state index in [0.717, 1.165) is 25.2 Å². The summed E-state index contributed by atoms with van der Waals surface area (Å²) in [6.45, 7) is 3.25. The molecule has 3 aliphatic rings. The Morgan fingerprint density at radius 1 is 1.21 bits per heavy atom. The van der Waals surface area contributed by atoms with Crippen LogP contribution in [0.25, 0.3) is 0 Å². The first-order valence-electron chi connectivity index (χ1n) is 6.20. The van der Waals surface area contributed by atoms with E-state index in [2.05, 4.69) is 5.32 Å². The molecule has 14 heavy (non-hydrogen) atoms. The Hall–Kier alpha value is -0.0800. The number of nitrogens with one attached hydrogen (secondary N) is 1. The minimum atomic E-state index is 0.529. The second-order valence-electron chi connectivity index (χ2n) is 5.45. The van der Waals surface area contributed by atoms with E-state index >= 15 is 0 Å². The molecule has 1 unspecified atom stereocenters. The van der Waals surface area contributed by atoms with E-state index in [9.17, 15) is 0 Å². The molecular weight excluding hydrogens is 174 g/mol. The molecule has 1 heterocycles. The van der Waals surface area contributed by atoms with E-state index in [1.165, 1.54) is 45.1 Å². The summed E-state index contributed by atoms with van der Waals surface area (Å²) < 4.78 is 5.63. The van der Waals surface area contributed by atoms with Crippen molar-refractivity contribution < 1.29 is 4.74 Å². The zero-order chi connectivity index (χ0) is 9.43. The maximum Gasteiger partial charge on any atom is 0.0538 e.